The fraction of sp³-hybridized carbons (Fsp3) is 0.0909. The Kier molecular flexibility index (Phi) is 3.61. The van der Waals surface area contributed by atoms with Crippen molar-refractivity contribution < 1.29 is 23.4 Å². The van der Waals surface area contributed by atoms with Crippen LogP contribution in [0.15, 0.2) is 24.3 Å². The number of thiazole rings is 1. The summed E-state index contributed by atoms with van der Waals surface area (Å²) in [5, 5.41) is 9.23. The van der Waals surface area contributed by atoms with E-state index < -0.39 is 12.6 Å². The SMILES string of the molecule is Nc1sc(-c2cccc(OC(F)F)c2)nc1C(=O)O. The molecule has 1 heterocycles. The van der Waals surface area contributed by atoms with Crippen LogP contribution in [0.25, 0.3) is 10.6 Å². The van der Waals surface area contributed by atoms with Crippen molar-refractivity contribution >= 4 is 22.3 Å². The lowest BCUT2D eigenvalue weighted by molar-refractivity contribution is -0.0498. The Hall–Kier alpha value is -2.22. The highest BCUT2D eigenvalue weighted by Gasteiger charge is 2.16. The molecule has 0 unspecified atom stereocenters. The Bertz CT molecular complexity index is 616. The quantitative estimate of drug-likeness (QED) is 0.902. The highest BCUT2D eigenvalue weighted by molar-refractivity contribution is 7.19. The smallest absolute Gasteiger partial charge is 0.387 e. The maximum Gasteiger partial charge on any atom is 0.387 e. The predicted octanol–water partition coefficient (Wildman–Crippen LogP) is 2.69. The van der Waals surface area contributed by atoms with Gasteiger partial charge in [0.1, 0.15) is 15.8 Å². The molecule has 19 heavy (non-hydrogen) atoms. The van der Waals surface area contributed by atoms with Gasteiger partial charge in [-0.1, -0.05) is 23.5 Å². The van der Waals surface area contributed by atoms with Crippen LogP contribution in [0.1, 0.15) is 10.5 Å². The zero-order valence-electron chi connectivity index (χ0n) is 9.34. The molecule has 0 saturated carbocycles. The minimum absolute atomic E-state index is 0.0295. The van der Waals surface area contributed by atoms with Gasteiger partial charge in [0, 0.05) is 5.56 Å². The Morgan fingerprint density at radius 1 is 1.47 bits per heavy atom. The van der Waals surface area contributed by atoms with Crippen molar-refractivity contribution in [3.63, 3.8) is 0 Å². The second-order valence-electron chi connectivity index (χ2n) is 3.44. The minimum atomic E-state index is -2.92. The molecular weight excluding hydrogens is 278 g/mol. The van der Waals surface area contributed by atoms with Crippen molar-refractivity contribution in [3.8, 4) is 16.3 Å². The van der Waals surface area contributed by atoms with E-state index in [2.05, 4.69) is 9.72 Å². The third-order valence-corrected chi connectivity index (χ3v) is 3.10. The summed E-state index contributed by atoms with van der Waals surface area (Å²) in [7, 11) is 0. The molecule has 2 aromatic rings. The summed E-state index contributed by atoms with van der Waals surface area (Å²) in [6, 6.07) is 5.81. The summed E-state index contributed by atoms with van der Waals surface area (Å²) < 4.78 is 28.4. The Morgan fingerprint density at radius 2 is 2.21 bits per heavy atom. The van der Waals surface area contributed by atoms with Crippen LogP contribution in [0.2, 0.25) is 0 Å². The number of halogens is 2. The number of carbonyl (C=O) groups is 1. The van der Waals surface area contributed by atoms with Gasteiger partial charge in [-0.15, -0.1) is 0 Å². The van der Waals surface area contributed by atoms with Crippen LogP contribution in [-0.2, 0) is 0 Å². The van der Waals surface area contributed by atoms with Gasteiger partial charge >= 0.3 is 12.6 Å². The van der Waals surface area contributed by atoms with E-state index in [0.29, 0.717) is 10.6 Å². The first-order valence-electron chi connectivity index (χ1n) is 5.02. The number of hydrogen-bond donors (Lipinski definition) is 2. The third kappa shape index (κ3) is 2.97. The van der Waals surface area contributed by atoms with Crippen LogP contribution in [0, 0.1) is 0 Å². The van der Waals surface area contributed by atoms with Gasteiger partial charge in [0.25, 0.3) is 0 Å². The lowest BCUT2D eigenvalue weighted by atomic mass is 10.2. The highest BCUT2D eigenvalue weighted by atomic mass is 32.1. The van der Waals surface area contributed by atoms with Gasteiger partial charge < -0.3 is 15.6 Å². The molecule has 0 aliphatic carbocycles. The first-order chi connectivity index (χ1) is 8.97. The van der Waals surface area contributed by atoms with Crippen molar-refractivity contribution in [1.29, 1.82) is 0 Å². The van der Waals surface area contributed by atoms with Crippen LogP contribution in [0.3, 0.4) is 0 Å². The molecule has 1 aromatic carbocycles. The Labute approximate surface area is 110 Å². The maximum atomic E-state index is 12.1. The lowest BCUT2D eigenvalue weighted by Crippen LogP contribution is -2.01. The number of carboxylic acid groups (broad SMARTS) is 1. The average molecular weight is 286 g/mol. The van der Waals surface area contributed by atoms with Crippen LogP contribution in [0.5, 0.6) is 5.75 Å². The second kappa shape index (κ2) is 5.19. The molecule has 0 spiro atoms. The number of nitrogens with zero attached hydrogens (tertiary/aromatic N) is 1. The zero-order valence-corrected chi connectivity index (χ0v) is 10.2. The summed E-state index contributed by atoms with van der Waals surface area (Å²) in [5.41, 5.74) is 5.73. The number of alkyl halides is 2. The van der Waals surface area contributed by atoms with E-state index in [-0.39, 0.29) is 16.4 Å². The van der Waals surface area contributed by atoms with Crippen molar-refractivity contribution in [2.45, 2.75) is 6.61 Å². The van der Waals surface area contributed by atoms with Crippen molar-refractivity contribution in [3.05, 3.63) is 30.0 Å². The van der Waals surface area contributed by atoms with Crippen LogP contribution < -0.4 is 10.5 Å². The van der Waals surface area contributed by atoms with E-state index in [1.54, 1.807) is 6.07 Å². The average Bonchev–Trinajstić information content (AvgIpc) is 2.71. The molecule has 0 fully saturated rings. The molecule has 0 radical (unpaired) electrons. The largest absolute Gasteiger partial charge is 0.476 e. The second-order valence-corrected chi connectivity index (χ2v) is 4.47. The van der Waals surface area contributed by atoms with Crippen LogP contribution >= 0.6 is 11.3 Å². The first-order valence-corrected chi connectivity index (χ1v) is 5.84. The molecule has 2 rings (SSSR count). The van der Waals surface area contributed by atoms with E-state index in [0.717, 1.165) is 11.3 Å². The summed E-state index contributed by atoms with van der Waals surface area (Å²) in [5.74, 6) is -1.27. The summed E-state index contributed by atoms with van der Waals surface area (Å²) in [6.45, 7) is -2.92. The maximum absolute atomic E-state index is 12.1. The van der Waals surface area contributed by atoms with Gasteiger partial charge in [0.05, 0.1) is 0 Å². The third-order valence-electron chi connectivity index (χ3n) is 2.16. The Morgan fingerprint density at radius 3 is 2.79 bits per heavy atom. The topological polar surface area (TPSA) is 85.4 Å². The molecule has 1 aromatic heterocycles. The Balaban J connectivity index is 2.36. The fourth-order valence-corrected chi connectivity index (χ4v) is 2.23. The number of hydrogen-bond acceptors (Lipinski definition) is 5. The minimum Gasteiger partial charge on any atom is -0.476 e. The van der Waals surface area contributed by atoms with Crippen LogP contribution in [0.4, 0.5) is 13.8 Å². The molecule has 0 atom stereocenters. The summed E-state index contributed by atoms with van der Waals surface area (Å²) in [6.07, 6.45) is 0. The van der Waals surface area contributed by atoms with Gasteiger partial charge in [0.15, 0.2) is 5.69 Å². The van der Waals surface area contributed by atoms with E-state index in [1.807, 2.05) is 0 Å². The number of ether oxygens (including phenoxy) is 1. The van der Waals surface area contributed by atoms with Crippen molar-refractivity contribution in [1.82, 2.24) is 4.98 Å². The molecule has 0 aliphatic rings. The zero-order chi connectivity index (χ0) is 14.0. The van der Waals surface area contributed by atoms with Gasteiger partial charge in [-0.25, -0.2) is 9.78 Å². The number of nitrogen functional groups attached to an aromatic ring is 1. The van der Waals surface area contributed by atoms with E-state index >= 15 is 0 Å². The normalized spacial score (nSPS) is 10.7. The molecule has 100 valence electrons. The van der Waals surface area contributed by atoms with Gasteiger partial charge in [-0.05, 0) is 12.1 Å². The molecule has 8 heteroatoms. The number of carboxylic acids is 1. The van der Waals surface area contributed by atoms with Gasteiger partial charge in [0.2, 0.25) is 0 Å². The predicted molar refractivity (Wildman–Crippen MR) is 65.6 cm³/mol. The number of aromatic carboxylic acids is 1. The monoisotopic (exact) mass is 286 g/mol. The van der Waals surface area contributed by atoms with Gasteiger partial charge in [-0.3, -0.25) is 0 Å². The van der Waals surface area contributed by atoms with Crippen molar-refractivity contribution in [2.24, 2.45) is 0 Å². The molecule has 3 N–H and O–H groups in total. The van der Waals surface area contributed by atoms with E-state index in [1.165, 1.54) is 18.2 Å². The molecule has 5 nitrogen and oxygen atoms in total. The van der Waals surface area contributed by atoms with Crippen LogP contribution in [-0.4, -0.2) is 22.7 Å². The lowest BCUT2D eigenvalue weighted by Gasteiger charge is -2.04. The molecule has 0 bridgehead atoms. The first kappa shape index (κ1) is 13.2. The number of aromatic nitrogens is 1. The van der Waals surface area contributed by atoms with E-state index in [9.17, 15) is 13.6 Å². The molecule has 0 aliphatic heterocycles. The highest BCUT2D eigenvalue weighted by Crippen LogP contribution is 2.32. The van der Waals surface area contributed by atoms with Gasteiger partial charge in [-0.2, -0.15) is 8.78 Å². The summed E-state index contributed by atoms with van der Waals surface area (Å²) in [4.78, 5) is 14.7. The molecular formula is C11H8F2N2O3S. The number of nitrogens with two attached hydrogens (primary N) is 1. The van der Waals surface area contributed by atoms with Crippen molar-refractivity contribution in [2.75, 3.05) is 5.73 Å². The standard InChI is InChI=1S/C11H8F2N2O3S/c12-11(13)18-6-3-1-2-5(4-6)9-15-7(10(16)17)8(14)19-9/h1-4,11H,14H2,(H,16,17). The summed E-state index contributed by atoms with van der Waals surface area (Å²) >= 11 is 0.966. The number of anilines is 1. The molecule has 0 saturated heterocycles. The number of rotatable bonds is 4. The fourth-order valence-electron chi connectivity index (χ4n) is 1.41. The number of benzene rings is 1. The van der Waals surface area contributed by atoms with E-state index in [4.69, 9.17) is 10.8 Å². The molecule has 0 amide bonds.